The molecule has 98 valence electrons. The summed E-state index contributed by atoms with van der Waals surface area (Å²) in [5, 5.41) is 19.3. The largest absolute Gasteiger partial charge is 0.489 e. The number of halogens is 2. The number of rotatable bonds is 4. The molecule has 0 amide bonds. The molecule has 0 aliphatic heterocycles. The van der Waals surface area contributed by atoms with Crippen LogP contribution in [-0.4, -0.2) is 17.2 Å². The molecule has 0 aliphatic carbocycles. The first kappa shape index (κ1) is 14.2. The van der Waals surface area contributed by atoms with Crippen molar-refractivity contribution in [2.75, 3.05) is 0 Å². The second kappa shape index (κ2) is 6.30. The minimum atomic E-state index is -1.58. The van der Waals surface area contributed by atoms with Gasteiger partial charge in [-0.2, -0.15) is 0 Å². The van der Waals surface area contributed by atoms with Crippen LogP contribution < -0.4 is 10.2 Å². The Morgan fingerprint density at radius 2 is 1.79 bits per heavy atom. The van der Waals surface area contributed by atoms with Crippen molar-refractivity contribution in [1.29, 1.82) is 0 Å². The Kier molecular flexibility index (Phi) is 4.72. The zero-order valence-corrected chi connectivity index (χ0v) is 11.4. The lowest BCUT2D eigenvalue weighted by molar-refractivity contribution is 0.306. The summed E-state index contributed by atoms with van der Waals surface area (Å²) in [5.41, 5.74) is 1.20. The van der Waals surface area contributed by atoms with Gasteiger partial charge in [0.1, 0.15) is 12.4 Å². The minimum absolute atomic E-state index is 0.286. The van der Waals surface area contributed by atoms with Crippen LogP contribution >= 0.6 is 23.2 Å². The van der Waals surface area contributed by atoms with Crippen molar-refractivity contribution < 1.29 is 14.8 Å². The average Bonchev–Trinajstić information content (AvgIpc) is 2.36. The number of hydrogen-bond donors (Lipinski definition) is 2. The molecule has 0 saturated carbocycles. The van der Waals surface area contributed by atoms with E-state index in [-0.39, 0.29) is 5.46 Å². The maximum atomic E-state index is 9.12. The van der Waals surface area contributed by atoms with Gasteiger partial charge in [0.05, 0.1) is 0 Å². The highest BCUT2D eigenvalue weighted by atomic mass is 35.5. The van der Waals surface area contributed by atoms with Crippen molar-refractivity contribution in [2.45, 2.75) is 6.61 Å². The van der Waals surface area contributed by atoms with Gasteiger partial charge in [0.2, 0.25) is 0 Å². The predicted molar refractivity (Wildman–Crippen MR) is 77.1 cm³/mol. The molecule has 0 bridgehead atoms. The molecular weight excluding hydrogens is 286 g/mol. The van der Waals surface area contributed by atoms with E-state index >= 15 is 0 Å². The topological polar surface area (TPSA) is 49.7 Å². The first-order valence-corrected chi connectivity index (χ1v) is 6.34. The third-order valence-corrected chi connectivity index (χ3v) is 2.94. The molecule has 0 aliphatic rings. The van der Waals surface area contributed by atoms with Crippen molar-refractivity contribution in [1.82, 2.24) is 0 Å². The van der Waals surface area contributed by atoms with Gasteiger partial charge in [0, 0.05) is 10.0 Å². The lowest BCUT2D eigenvalue weighted by Crippen LogP contribution is -2.29. The normalized spacial score (nSPS) is 10.3. The van der Waals surface area contributed by atoms with Crippen LogP contribution in [0, 0.1) is 0 Å². The second-order valence-corrected chi connectivity index (χ2v) is 4.89. The van der Waals surface area contributed by atoms with Gasteiger partial charge < -0.3 is 14.8 Å². The Morgan fingerprint density at radius 3 is 2.47 bits per heavy atom. The van der Waals surface area contributed by atoms with E-state index in [1.54, 1.807) is 18.2 Å². The van der Waals surface area contributed by atoms with Crippen molar-refractivity contribution in [2.24, 2.45) is 0 Å². The number of benzene rings is 2. The Balaban J connectivity index is 2.11. The SMILES string of the molecule is OB(O)c1cc(Cl)cc(OCc2cccc(Cl)c2)c1. The minimum Gasteiger partial charge on any atom is -0.489 e. The van der Waals surface area contributed by atoms with E-state index < -0.39 is 7.12 Å². The van der Waals surface area contributed by atoms with Gasteiger partial charge in [-0.1, -0.05) is 35.3 Å². The molecule has 0 unspecified atom stereocenters. The molecule has 2 aromatic rings. The van der Waals surface area contributed by atoms with Crippen molar-refractivity contribution in [3.63, 3.8) is 0 Å². The third kappa shape index (κ3) is 4.15. The lowest BCUT2D eigenvalue weighted by atomic mass is 9.80. The Bertz CT molecular complexity index is 576. The Morgan fingerprint density at radius 1 is 1.00 bits per heavy atom. The van der Waals surface area contributed by atoms with Crippen LogP contribution in [0.15, 0.2) is 42.5 Å². The third-order valence-electron chi connectivity index (χ3n) is 2.49. The van der Waals surface area contributed by atoms with Gasteiger partial charge in [0.15, 0.2) is 0 Å². The Labute approximate surface area is 121 Å². The molecule has 2 aromatic carbocycles. The molecule has 0 spiro atoms. The van der Waals surface area contributed by atoms with Crippen molar-refractivity contribution >= 4 is 35.8 Å². The van der Waals surface area contributed by atoms with Crippen molar-refractivity contribution in [3.8, 4) is 5.75 Å². The van der Waals surface area contributed by atoms with Gasteiger partial charge in [0.25, 0.3) is 0 Å². The lowest BCUT2D eigenvalue weighted by Gasteiger charge is -2.09. The van der Waals surface area contributed by atoms with Crippen LogP contribution in [0.4, 0.5) is 0 Å². The molecule has 0 heterocycles. The quantitative estimate of drug-likeness (QED) is 0.851. The van der Waals surface area contributed by atoms with Crippen LogP contribution in [0.1, 0.15) is 5.56 Å². The van der Waals surface area contributed by atoms with Crippen LogP contribution in [0.25, 0.3) is 0 Å². The first-order chi connectivity index (χ1) is 9.04. The predicted octanol–water partition coefficient (Wildman–Crippen LogP) is 2.25. The number of ether oxygens (including phenoxy) is 1. The molecule has 2 rings (SSSR count). The van der Waals surface area contributed by atoms with E-state index in [9.17, 15) is 0 Å². The summed E-state index contributed by atoms with van der Waals surface area (Å²) in [6.07, 6.45) is 0. The summed E-state index contributed by atoms with van der Waals surface area (Å²) >= 11 is 11.8. The van der Waals surface area contributed by atoms with E-state index in [2.05, 4.69) is 0 Å². The van der Waals surface area contributed by atoms with E-state index in [4.69, 9.17) is 38.0 Å². The fraction of sp³-hybridized carbons (Fsp3) is 0.0769. The average molecular weight is 297 g/mol. The summed E-state index contributed by atoms with van der Waals surface area (Å²) in [6, 6.07) is 11.9. The van der Waals surface area contributed by atoms with Crippen LogP contribution in [-0.2, 0) is 6.61 Å². The van der Waals surface area contributed by atoms with Gasteiger partial charge in [-0.05, 0) is 41.4 Å². The van der Waals surface area contributed by atoms with E-state index in [1.807, 2.05) is 12.1 Å². The molecule has 6 heteroatoms. The van der Waals surface area contributed by atoms with Crippen LogP contribution in [0.3, 0.4) is 0 Å². The van der Waals surface area contributed by atoms with Gasteiger partial charge in [-0.15, -0.1) is 0 Å². The highest BCUT2D eigenvalue weighted by Gasteiger charge is 2.13. The zero-order valence-electron chi connectivity index (χ0n) is 9.88. The number of hydrogen-bond acceptors (Lipinski definition) is 3. The zero-order chi connectivity index (χ0) is 13.8. The molecule has 0 aromatic heterocycles. The smallest absolute Gasteiger partial charge is 0.488 e. The second-order valence-electron chi connectivity index (χ2n) is 4.01. The van der Waals surface area contributed by atoms with Gasteiger partial charge in [-0.25, -0.2) is 0 Å². The summed E-state index contributed by atoms with van der Waals surface area (Å²) in [4.78, 5) is 0. The maximum Gasteiger partial charge on any atom is 0.488 e. The first-order valence-electron chi connectivity index (χ1n) is 5.58. The molecule has 0 saturated heterocycles. The molecule has 0 atom stereocenters. The fourth-order valence-electron chi connectivity index (χ4n) is 1.61. The summed E-state index contributed by atoms with van der Waals surface area (Å²) < 4.78 is 5.55. The van der Waals surface area contributed by atoms with E-state index in [0.717, 1.165) is 5.56 Å². The molecule has 3 nitrogen and oxygen atoms in total. The molecule has 19 heavy (non-hydrogen) atoms. The highest BCUT2D eigenvalue weighted by Crippen LogP contribution is 2.18. The van der Waals surface area contributed by atoms with Gasteiger partial charge >= 0.3 is 7.12 Å². The van der Waals surface area contributed by atoms with E-state index in [1.165, 1.54) is 12.1 Å². The summed E-state index contributed by atoms with van der Waals surface area (Å²) in [7, 11) is -1.58. The standard InChI is InChI=1S/C13H11BCl2O3/c15-11-3-1-2-9(4-11)8-19-13-6-10(14(17)18)5-12(16)7-13/h1-7,17-18H,8H2. The summed E-state index contributed by atoms with van der Waals surface area (Å²) in [6.45, 7) is 0.321. The molecule has 0 radical (unpaired) electrons. The van der Waals surface area contributed by atoms with E-state index in [0.29, 0.717) is 22.4 Å². The summed E-state index contributed by atoms with van der Waals surface area (Å²) in [5.74, 6) is 0.468. The Hall–Kier alpha value is -1.20. The van der Waals surface area contributed by atoms with Crippen LogP contribution in [0.2, 0.25) is 10.0 Å². The molecule has 0 fully saturated rings. The monoisotopic (exact) mass is 296 g/mol. The molecule has 2 N–H and O–H groups in total. The highest BCUT2D eigenvalue weighted by molar-refractivity contribution is 6.59. The fourth-order valence-corrected chi connectivity index (χ4v) is 2.06. The maximum absolute atomic E-state index is 9.12. The van der Waals surface area contributed by atoms with Crippen molar-refractivity contribution in [3.05, 3.63) is 58.1 Å². The van der Waals surface area contributed by atoms with Gasteiger partial charge in [-0.3, -0.25) is 0 Å². The van der Waals surface area contributed by atoms with Crippen LogP contribution in [0.5, 0.6) is 5.75 Å². The molecular formula is C13H11BCl2O3.